The highest BCUT2D eigenvalue weighted by Crippen LogP contribution is 2.35. The summed E-state index contributed by atoms with van der Waals surface area (Å²) in [5.41, 5.74) is 2.20. The fourth-order valence-electron chi connectivity index (χ4n) is 2.52. The lowest BCUT2D eigenvalue weighted by Gasteiger charge is -2.16. The third-order valence-electron chi connectivity index (χ3n) is 4.10. The number of ether oxygens (including phenoxy) is 2. The van der Waals surface area contributed by atoms with Crippen molar-refractivity contribution in [2.45, 2.75) is 27.7 Å². The number of esters is 1. The van der Waals surface area contributed by atoms with Gasteiger partial charge in [-0.3, -0.25) is 4.79 Å². The molecule has 0 atom stereocenters. The summed E-state index contributed by atoms with van der Waals surface area (Å²) in [5, 5.41) is 4.11. The second-order valence-electron chi connectivity index (χ2n) is 7.41. The van der Waals surface area contributed by atoms with Gasteiger partial charge in [0.15, 0.2) is 5.13 Å². The topological polar surface area (TPSA) is 60.4 Å². The quantitative estimate of drug-likeness (QED) is 0.435. The number of para-hydroxylation sites is 2. The highest BCUT2D eigenvalue weighted by molar-refractivity contribution is 7.16. The molecule has 5 nitrogen and oxygen atoms in total. The standard InChI is InChI=1S/C22H24N2O3S/c1-14-19(15-10-12-16(13-11-15)27-20(25)22(2,3)4)24-21(28-14)23-17-8-6-7-9-18(17)26-5/h6-13H,1-5H3,(H,23,24). The molecule has 0 bridgehead atoms. The van der Waals surface area contributed by atoms with Crippen LogP contribution in [0.2, 0.25) is 0 Å². The van der Waals surface area contributed by atoms with Crippen molar-refractivity contribution in [2.24, 2.45) is 5.41 Å². The van der Waals surface area contributed by atoms with Gasteiger partial charge in [0, 0.05) is 10.4 Å². The number of aromatic nitrogens is 1. The summed E-state index contributed by atoms with van der Waals surface area (Å²) in [5.74, 6) is 1.04. The van der Waals surface area contributed by atoms with Crippen molar-refractivity contribution in [2.75, 3.05) is 12.4 Å². The van der Waals surface area contributed by atoms with Crippen molar-refractivity contribution in [3.63, 3.8) is 0 Å². The maximum absolute atomic E-state index is 12.0. The van der Waals surface area contributed by atoms with E-state index in [0.29, 0.717) is 5.75 Å². The summed E-state index contributed by atoms with van der Waals surface area (Å²) in [6, 6.07) is 15.2. The Morgan fingerprint density at radius 2 is 1.75 bits per heavy atom. The van der Waals surface area contributed by atoms with Gasteiger partial charge in [0.25, 0.3) is 0 Å². The molecule has 0 aliphatic heterocycles. The van der Waals surface area contributed by atoms with Crippen LogP contribution in [-0.2, 0) is 4.79 Å². The largest absolute Gasteiger partial charge is 0.495 e. The molecule has 3 rings (SSSR count). The number of thiazole rings is 1. The van der Waals surface area contributed by atoms with Crippen LogP contribution in [0, 0.1) is 12.3 Å². The number of hydrogen-bond donors (Lipinski definition) is 1. The lowest BCUT2D eigenvalue weighted by Crippen LogP contribution is -2.25. The summed E-state index contributed by atoms with van der Waals surface area (Å²) in [4.78, 5) is 17.8. The predicted molar refractivity (Wildman–Crippen MR) is 114 cm³/mol. The minimum atomic E-state index is -0.538. The lowest BCUT2D eigenvalue weighted by molar-refractivity contribution is -0.142. The molecule has 1 aromatic heterocycles. The average molecular weight is 397 g/mol. The summed E-state index contributed by atoms with van der Waals surface area (Å²) in [6.07, 6.45) is 0. The van der Waals surface area contributed by atoms with Crippen molar-refractivity contribution in [3.05, 3.63) is 53.4 Å². The van der Waals surface area contributed by atoms with Crippen molar-refractivity contribution in [3.8, 4) is 22.8 Å². The summed E-state index contributed by atoms with van der Waals surface area (Å²) in [7, 11) is 1.65. The molecule has 0 amide bonds. The van der Waals surface area contributed by atoms with Crippen LogP contribution in [0.15, 0.2) is 48.5 Å². The Morgan fingerprint density at radius 1 is 1.07 bits per heavy atom. The van der Waals surface area contributed by atoms with Crippen LogP contribution in [0.1, 0.15) is 25.6 Å². The number of benzene rings is 2. The number of carbonyl (C=O) groups excluding carboxylic acids is 1. The molecule has 0 saturated carbocycles. The monoisotopic (exact) mass is 396 g/mol. The van der Waals surface area contributed by atoms with E-state index < -0.39 is 5.41 Å². The number of nitrogens with zero attached hydrogens (tertiary/aromatic N) is 1. The van der Waals surface area contributed by atoms with Gasteiger partial charge in [-0.1, -0.05) is 12.1 Å². The van der Waals surface area contributed by atoms with Gasteiger partial charge < -0.3 is 14.8 Å². The van der Waals surface area contributed by atoms with E-state index in [2.05, 4.69) is 5.32 Å². The zero-order valence-corrected chi connectivity index (χ0v) is 17.5. The minimum Gasteiger partial charge on any atom is -0.495 e. The van der Waals surface area contributed by atoms with Gasteiger partial charge >= 0.3 is 5.97 Å². The number of anilines is 2. The Kier molecular flexibility index (Phi) is 5.70. The first-order chi connectivity index (χ1) is 13.3. The summed E-state index contributed by atoms with van der Waals surface area (Å²) in [6.45, 7) is 7.53. The Hall–Kier alpha value is -2.86. The maximum Gasteiger partial charge on any atom is 0.316 e. The smallest absolute Gasteiger partial charge is 0.316 e. The number of nitrogens with one attached hydrogen (secondary N) is 1. The molecule has 1 heterocycles. The van der Waals surface area contributed by atoms with Gasteiger partial charge in [-0.2, -0.15) is 0 Å². The molecule has 0 spiro atoms. The normalized spacial score (nSPS) is 11.2. The molecule has 2 aromatic carbocycles. The van der Waals surface area contributed by atoms with Crippen LogP contribution in [0.4, 0.5) is 10.8 Å². The molecule has 28 heavy (non-hydrogen) atoms. The van der Waals surface area contributed by atoms with Gasteiger partial charge in [0.05, 0.1) is 23.9 Å². The number of hydrogen-bond acceptors (Lipinski definition) is 6. The predicted octanol–water partition coefficient (Wildman–Crippen LogP) is 5.82. The van der Waals surface area contributed by atoms with Gasteiger partial charge in [-0.15, -0.1) is 11.3 Å². The molecular formula is C22H24N2O3S. The Bertz CT molecular complexity index is 972. The fourth-order valence-corrected chi connectivity index (χ4v) is 3.37. The van der Waals surface area contributed by atoms with Crippen molar-refractivity contribution in [1.29, 1.82) is 0 Å². The van der Waals surface area contributed by atoms with Crippen molar-refractivity contribution < 1.29 is 14.3 Å². The van der Waals surface area contributed by atoms with E-state index in [-0.39, 0.29) is 5.97 Å². The van der Waals surface area contributed by atoms with E-state index in [1.165, 1.54) is 0 Å². The second kappa shape index (κ2) is 8.02. The SMILES string of the molecule is COc1ccccc1Nc1nc(-c2ccc(OC(=O)C(C)(C)C)cc2)c(C)s1. The zero-order valence-electron chi connectivity index (χ0n) is 16.7. The Labute approximate surface area is 169 Å². The van der Waals surface area contributed by atoms with Gasteiger partial charge in [0.2, 0.25) is 0 Å². The van der Waals surface area contributed by atoms with Gasteiger partial charge in [0.1, 0.15) is 11.5 Å². The molecule has 0 saturated heterocycles. The first kappa shape index (κ1) is 19.9. The van der Waals surface area contributed by atoms with Crippen LogP contribution in [0.25, 0.3) is 11.3 Å². The second-order valence-corrected chi connectivity index (χ2v) is 8.62. The molecule has 146 valence electrons. The highest BCUT2D eigenvalue weighted by atomic mass is 32.1. The highest BCUT2D eigenvalue weighted by Gasteiger charge is 2.23. The molecule has 0 aliphatic carbocycles. The number of rotatable bonds is 5. The average Bonchev–Trinajstić information content (AvgIpc) is 3.02. The number of aryl methyl sites for hydroxylation is 1. The Morgan fingerprint density at radius 3 is 2.39 bits per heavy atom. The first-order valence-corrected chi connectivity index (χ1v) is 9.80. The summed E-state index contributed by atoms with van der Waals surface area (Å²) >= 11 is 1.58. The molecule has 0 unspecified atom stereocenters. The van der Waals surface area contributed by atoms with Gasteiger partial charge in [-0.05, 0) is 64.1 Å². The van der Waals surface area contributed by atoms with E-state index >= 15 is 0 Å². The van der Waals surface area contributed by atoms with E-state index in [4.69, 9.17) is 14.5 Å². The zero-order chi connectivity index (χ0) is 20.3. The van der Waals surface area contributed by atoms with Crippen LogP contribution in [0.3, 0.4) is 0 Å². The summed E-state index contributed by atoms with van der Waals surface area (Å²) < 4.78 is 10.8. The number of carbonyl (C=O) groups is 1. The van der Waals surface area contributed by atoms with Gasteiger partial charge in [-0.25, -0.2) is 4.98 Å². The first-order valence-electron chi connectivity index (χ1n) is 8.98. The molecule has 0 aliphatic rings. The van der Waals surface area contributed by atoms with E-state index in [9.17, 15) is 4.79 Å². The molecule has 0 fully saturated rings. The molecule has 0 radical (unpaired) electrons. The van der Waals surface area contributed by atoms with Crippen LogP contribution >= 0.6 is 11.3 Å². The van der Waals surface area contributed by atoms with Crippen LogP contribution < -0.4 is 14.8 Å². The molecule has 1 N–H and O–H groups in total. The van der Waals surface area contributed by atoms with Crippen LogP contribution in [0.5, 0.6) is 11.5 Å². The molecular weight excluding hydrogens is 372 g/mol. The third-order valence-corrected chi connectivity index (χ3v) is 4.98. The lowest BCUT2D eigenvalue weighted by atomic mass is 9.97. The molecule has 6 heteroatoms. The van der Waals surface area contributed by atoms with E-state index in [1.54, 1.807) is 30.6 Å². The third kappa shape index (κ3) is 4.51. The Balaban J connectivity index is 1.78. The molecule has 3 aromatic rings. The fraction of sp³-hybridized carbons (Fsp3) is 0.273. The maximum atomic E-state index is 12.0. The van der Waals surface area contributed by atoms with Crippen molar-refractivity contribution in [1.82, 2.24) is 4.98 Å². The van der Waals surface area contributed by atoms with Crippen molar-refractivity contribution >= 4 is 28.1 Å². The number of methoxy groups -OCH3 is 1. The van der Waals surface area contributed by atoms with E-state index in [0.717, 1.165) is 32.7 Å². The van der Waals surface area contributed by atoms with E-state index in [1.807, 2.05) is 64.1 Å². The van der Waals surface area contributed by atoms with Crippen LogP contribution in [-0.4, -0.2) is 18.1 Å². The minimum absolute atomic E-state index is 0.256.